The highest BCUT2D eigenvalue weighted by Crippen LogP contribution is 2.27. The number of nitrogens with one attached hydrogen (secondary N) is 1. The van der Waals surface area contributed by atoms with Crippen LogP contribution in [0.3, 0.4) is 0 Å². The minimum Gasteiger partial charge on any atom is -0.489 e. The fourth-order valence-corrected chi connectivity index (χ4v) is 3.12. The molecular weight excluding hydrogens is 359 g/mol. The number of rotatable bonds is 5. The molecule has 0 aliphatic carbocycles. The van der Waals surface area contributed by atoms with Crippen LogP contribution in [0.1, 0.15) is 31.9 Å². The van der Waals surface area contributed by atoms with Crippen molar-refractivity contribution in [1.82, 2.24) is 15.3 Å². The molecule has 2 atom stereocenters. The summed E-state index contributed by atoms with van der Waals surface area (Å²) in [6, 6.07) is 7.53. The van der Waals surface area contributed by atoms with Gasteiger partial charge in [0.2, 0.25) is 11.7 Å². The van der Waals surface area contributed by atoms with Crippen LogP contribution in [-0.4, -0.2) is 35.1 Å². The highest BCUT2D eigenvalue weighted by molar-refractivity contribution is 6.29. The standard InChI is InChI=1S/C18H20ClFN4O2/c1-11(23-12(2)25)13-3-5-14(6-4-13)26-15-7-8-24(9-15)18-16(20)17(19)21-10-22-18/h3-6,10-11,15H,7-9H2,1-2H3,(H,23,25)/t11-,15+/m0/s1. The van der Waals surface area contributed by atoms with Gasteiger partial charge in [-0.25, -0.2) is 9.97 Å². The molecule has 8 heteroatoms. The lowest BCUT2D eigenvalue weighted by atomic mass is 10.1. The molecule has 138 valence electrons. The minimum atomic E-state index is -0.605. The number of hydrogen-bond acceptors (Lipinski definition) is 5. The van der Waals surface area contributed by atoms with Gasteiger partial charge >= 0.3 is 0 Å². The lowest BCUT2D eigenvalue weighted by molar-refractivity contribution is -0.119. The third kappa shape index (κ3) is 4.22. The summed E-state index contributed by atoms with van der Waals surface area (Å²) in [5.41, 5.74) is 0.998. The largest absolute Gasteiger partial charge is 0.489 e. The Bertz CT molecular complexity index is 787. The Morgan fingerprint density at radius 1 is 1.38 bits per heavy atom. The molecule has 0 saturated carbocycles. The normalized spacial score (nSPS) is 17.8. The lowest BCUT2D eigenvalue weighted by Crippen LogP contribution is -2.26. The number of benzene rings is 1. The van der Waals surface area contributed by atoms with Crippen molar-refractivity contribution in [3.63, 3.8) is 0 Å². The van der Waals surface area contributed by atoms with Gasteiger partial charge in [0, 0.05) is 19.9 Å². The summed E-state index contributed by atoms with van der Waals surface area (Å²) in [5, 5.41) is 2.66. The summed E-state index contributed by atoms with van der Waals surface area (Å²) < 4.78 is 20.0. The van der Waals surface area contributed by atoms with Crippen LogP contribution < -0.4 is 15.0 Å². The molecule has 0 unspecified atom stereocenters. The average molecular weight is 379 g/mol. The molecule has 26 heavy (non-hydrogen) atoms. The molecule has 1 aromatic heterocycles. The zero-order valence-electron chi connectivity index (χ0n) is 14.6. The first-order valence-electron chi connectivity index (χ1n) is 8.38. The van der Waals surface area contributed by atoms with Crippen LogP contribution in [0.2, 0.25) is 5.15 Å². The Labute approximate surface area is 156 Å². The Kier molecular flexibility index (Phi) is 5.56. The van der Waals surface area contributed by atoms with Crippen LogP contribution in [0.25, 0.3) is 0 Å². The van der Waals surface area contributed by atoms with E-state index in [1.165, 1.54) is 13.3 Å². The van der Waals surface area contributed by atoms with Crippen molar-refractivity contribution in [2.45, 2.75) is 32.4 Å². The van der Waals surface area contributed by atoms with Crippen LogP contribution in [0.5, 0.6) is 5.75 Å². The van der Waals surface area contributed by atoms with Gasteiger partial charge in [-0.2, -0.15) is 4.39 Å². The quantitative estimate of drug-likeness (QED) is 0.810. The SMILES string of the molecule is CC(=O)N[C@@H](C)c1ccc(O[C@@H]2CCN(c3ncnc(Cl)c3F)C2)cc1. The van der Waals surface area contributed by atoms with E-state index < -0.39 is 5.82 Å². The summed E-state index contributed by atoms with van der Waals surface area (Å²) in [5.74, 6) is 0.263. The van der Waals surface area contributed by atoms with Crippen molar-refractivity contribution < 1.29 is 13.9 Å². The molecule has 1 fully saturated rings. The molecule has 0 radical (unpaired) electrons. The molecule has 6 nitrogen and oxygen atoms in total. The van der Waals surface area contributed by atoms with Crippen LogP contribution in [0.4, 0.5) is 10.2 Å². The summed E-state index contributed by atoms with van der Waals surface area (Å²) in [6.45, 7) is 4.57. The van der Waals surface area contributed by atoms with Crippen molar-refractivity contribution in [2.75, 3.05) is 18.0 Å². The van der Waals surface area contributed by atoms with Gasteiger partial charge in [0.1, 0.15) is 18.2 Å². The van der Waals surface area contributed by atoms with E-state index in [0.29, 0.717) is 13.1 Å². The maximum Gasteiger partial charge on any atom is 0.217 e. The molecule has 1 N–H and O–H groups in total. The van der Waals surface area contributed by atoms with E-state index in [0.717, 1.165) is 17.7 Å². The van der Waals surface area contributed by atoms with Gasteiger partial charge < -0.3 is 15.0 Å². The zero-order valence-corrected chi connectivity index (χ0v) is 15.3. The number of hydrogen-bond donors (Lipinski definition) is 1. The second-order valence-electron chi connectivity index (χ2n) is 6.27. The molecule has 1 aliphatic heterocycles. The minimum absolute atomic E-state index is 0.0611. The fourth-order valence-electron chi connectivity index (χ4n) is 2.99. The Balaban J connectivity index is 1.60. The number of amides is 1. The number of aromatic nitrogens is 2. The van der Waals surface area contributed by atoms with E-state index >= 15 is 0 Å². The van der Waals surface area contributed by atoms with E-state index in [9.17, 15) is 9.18 Å². The van der Waals surface area contributed by atoms with E-state index in [4.69, 9.17) is 16.3 Å². The van der Waals surface area contributed by atoms with E-state index in [1.54, 1.807) is 4.90 Å². The Morgan fingerprint density at radius 3 is 2.81 bits per heavy atom. The van der Waals surface area contributed by atoms with Gasteiger partial charge in [-0.15, -0.1) is 0 Å². The number of ether oxygens (including phenoxy) is 1. The third-order valence-corrected chi connectivity index (χ3v) is 4.54. The summed E-state index contributed by atoms with van der Waals surface area (Å²) >= 11 is 5.72. The Morgan fingerprint density at radius 2 is 2.12 bits per heavy atom. The monoisotopic (exact) mass is 378 g/mol. The Hall–Kier alpha value is -2.41. The molecular formula is C18H20ClFN4O2. The first-order chi connectivity index (χ1) is 12.4. The molecule has 2 heterocycles. The molecule has 0 spiro atoms. The van der Waals surface area contributed by atoms with Crippen molar-refractivity contribution in [3.05, 3.63) is 47.1 Å². The first kappa shape index (κ1) is 18.4. The second-order valence-corrected chi connectivity index (χ2v) is 6.63. The van der Waals surface area contributed by atoms with Crippen molar-refractivity contribution in [2.24, 2.45) is 0 Å². The first-order valence-corrected chi connectivity index (χ1v) is 8.76. The van der Waals surface area contributed by atoms with Crippen LogP contribution in [0.15, 0.2) is 30.6 Å². The van der Waals surface area contributed by atoms with Crippen molar-refractivity contribution in [3.8, 4) is 5.75 Å². The van der Waals surface area contributed by atoms with E-state index in [-0.39, 0.29) is 29.0 Å². The van der Waals surface area contributed by atoms with E-state index in [2.05, 4.69) is 15.3 Å². The highest BCUT2D eigenvalue weighted by Gasteiger charge is 2.28. The average Bonchev–Trinajstić information content (AvgIpc) is 3.05. The summed E-state index contributed by atoms with van der Waals surface area (Å²) in [4.78, 5) is 20.6. The molecule has 3 rings (SSSR count). The lowest BCUT2D eigenvalue weighted by Gasteiger charge is -2.19. The number of anilines is 1. The highest BCUT2D eigenvalue weighted by atomic mass is 35.5. The second kappa shape index (κ2) is 7.86. The van der Waals surface area contributed by atoms with Crippen LogP contribution in [0, 0.1) is 5.82 Å². The summed E-state index contributed by atoms with van der Waals surface area (Å²) in [7, 11) is 0. The maximum absolute atomic E-state index is 14.0. The van der Waals surface area contributed by atoms with Crippen molar-refractivity contribution >= 4 is 23.3 Å². The van der Waals surface area contributed by atoms with Gasteiger partial charge in [-0.05, 0) is 24.6 Å². The van der Waals surface area contributed by atoms with Crippen molar-refractivity contribution in [1.29, 1.82) is 0 Å². The van der Waals surface area contributed by atoms with Crippen LogP contribution >= 0.6 is 11.6 Å². The van der Waals surface area contributed by atoms with Gasteiger partial charge in [-0.1, -0.05) is 23.7 Å². The zero-order chi connectivity index (χ0) is 18.7. The molecule has 2 aromatic rings. The maximum atomic E-state index is 14.0. The predicted molar refractivity (Wildman–Crippen MR) is 96.9 cm³/mol. The third-order valence-electron chi connectivity index (χ3n) is 4.28. The molecule has 1 aliphatic rings. The topological polar surface area (TPSA) is 67.3 Å². The number of carbonyl (C=O) groups excluding carboxylic acids is 1. The number of halogens is 2. The number of carbonyl (C=O) groups is 1. The van der Waals surface area contributed by atoms with Gasteiger partial charge in [-0.3, -0.25) is 4.79 Å². The van der Waals surface area contributed by atoms with E-state index in [1.807, 2.05) is 31.2 Å². The fraction of sp³-hybridized carbons (Fsp3) is 0.389. The molecule has 1 aromatic carbocycles. The molecule has 1 saturated heterocycles. The smallest absolute Gasteiger partial charge is 0.217 e. The van der Waals surface area contributed by atoms with Gasteiger partial charge in [0.05, 0.1) is 12.6 Å². The number of nitrogens with zero attached hydrogens (tertiary/aromatic N) is 3. The predicted octanol–water partition coefficient (Wildman–Crippen LogP) is 3.12. The molecule has 0 bridgehead atoms. The van der Waals surface area contributed by atoms with Gasteiger partial charge in [0.15, 0.2) is 11.0 Å². The van der Waals surface area contributed by atoms with Gasteiger partial charge in [0.25, 0.3) is 0 Å². The summed E-state index contributed by atoms with van der Waals surface area (Å²) in [6.07, 6.45) is 1.94. The molecule has 1 amide bonds. The van der Waals surface area contributed by atoms with Crippen LogP contribution in [-0.2, 0) is 4.79 Å².